The smallest absolute Gasteiger partial charge is 0.111 e. The van der Waals surface area contributed by atoms with E-state index in [9.17, 15) is 0 Å². The van der Waals surface area contributed by atoms with Gasteiger partial charge in [-0.15, -0.1) is 0 Å². The van der Waals surface area contributed by atoms with Crippen LogP contribution >= 0.6 is 11.8 Å². The summed E-state index contributed by atoms with van der Waals surface area (Å²) in [6.45, 7) is 4.31. The van der Waals surface area contributed by atoms with Crippen LogP contribution in [0.3, 0.4) is 0 Å². The van der Waals surface area contributed by atoms with Crippen molar-refractivity contribution in [1.82, 2.24) is 9.97 Å². The van der Waals surface area contributed by atoms with Crippen LogP contribution < -0.4 is 0 Å². The van der Waals surface area contributed by atoms with Crippen molar-refractivity contribution in [3.05, 3.63) is 84.1 Å². The lowest BCUT2D eigenvalue weighted by molar-refractivity contribution is 1.15. The summed E-state index contributed by atoms with van der Waals surface area (Å²) >= 11 is 1.78. The maximum atomic E-state index is 5.13. The molecule has 0 radical (unpaired) electrons. The van der Waals surface area contributed by atoms with Crippen LogP contribution in [0.2, 0.25) is 0 Å². The number of hydrogen-bond donors (Lipinski definition) is 0. The molecule has 0 bridgehead atoms. The quantitative estimate of drug-likeness (QED) is 0.236. The molecule has 3 heteroatoms. The molecule has 146 valence electrons. The highest BCUT2D eigenvalue weighted by atomic mass is 32.2. The Labute approximate surface area is 184 Å². The zero-order valence-corrected chi connectivity index (χ0v) is 18.0. The van der Waals surface area contributed by atoms with Crippen LogP contribution in [0.1, 0.15) is 11.1 Å². The summed E-state index contributed by atoms with van der Waals surface area (Å²) in [6.07, 6.45) is 1.94. The molecule has 0 N–H and O–H groups in total. The molecular weight excluding hydrogens is 396 g/mol. The van der Waals surface area contributed by atoms with Gasteiger partial charge in [0, 0.05) is 27.4 Å². The first kappa shape index (κ1) is 17.3. The van der Waals surface area contributed by atoms with Gasteiger partial charge in [-0.25, -0.2) is 4.98 Å². The zero-order valence-electron chi connectivity index (χ0n) is 17.2. The van der Waals surface area contributed by atoms with E-state index in [1.54, 1.807) is 11.8 Å². The molecule has 2 nitrogen and oxygen atoms in total. The second-order valence-corrected chi connectivity index (χ2v) is 9.39. The largest absolute Gasteiger partial charge is 0.255 e. The number of hydrogen-bond acceptors (Lipinski definition) is 3. The average molecular weight is 415 g/mol. The van der Waals surface area contributed by atoms with Gasteiger partial charge in [-0.2, -0.15) is 0 Å². The molecule has 2 aromatic heterocycles. The first-order valence-corrected chi connectivity index (χ1v) is 11.3. The van der Waals surface area contributed by atoms with Crippen molar-refractivity contribution >= 4 is 55.0 Å². The van der Waals surface area contributed by atoms with Gasteiger partial charge in [-0.05, 0) is 70.1 Å². The third kappa shape index (κ3) is 2.30. The average Bonchev–Trinajstić information content (AvgIpc) is 2.81. The van der Waals surface area contributed by atoms with Gasteiger partial charge in [-0.3, -0.25) is 4.98 Å². The van der Waals surface area contributed by atoms with Gasteiger partial charge in [0.05, 0.1) is 11.2 Å². The van der Waals surface area contributed by atoms with Crippen molar-refractivity contribution in [3.63, 3.8) is 0 Å². The maximum Gasteiger partial charge on any atom is 0.111 e. The lowest BCUT2D eigenvalue weighted by Crippen LogP contribution is -2.00. The van der Waals surface area contributed by atoms with Crippen molar-refractivity contribution in [3.8, 4) is 11.3 Å². The fourth-order valence-corrected chi connectivity index (χ4v) is 6.02. The van der Waals surface area contributed by atoms with Crippen molar-refractivity contribution < 1.29 is 0 Å². The fraction of sp³-hybridized carbons (Fsp3) is 0.0714. The molecule has 6 aromatic rings. The third-order valence-corrected chi connectivity index (χ3v) is 7.72. The number of aromatic nitrogens is 2. The van der Waals surface area contributed by atoms with E-state index in [4.69, 9.17) is 9.97 Å². The van der Waals surface area contributed by atoms with Crippen LogP contribution in [0.15, 0.2) is 82.8 Å². The Bertz CT molecular complexity index is 1730. The third-order valence-electron chi connectivity index (χ3n) is 6.67. The summed E-state index contributed by atoms with van der Waals surface area (Å²) in [4.78, 5) is 11.2. The Hall–Kier alpha value is -3.43. The minimum atomic E-state index is 1.05. The van der Waals surface area contributed by atoms with E-state index in [-0.39, 0.29) is 0 Å². The molecule has 0 spiro atoms. The number of nitrogens with zero attached hydrogens (tertiary/aromatic N) is 2. The second-order valence-electron chi connectivity index (χ2n) is 8.36. The van der Waals surface area contributed by atoms with Gasteiger partial charge in [0.15, 0.2) is 0 Å². The van der Waals surface area contributed by atoms with Crippen molar-refractivity contribution in [2.75, 3.05) is 0 Å². The molecule has 0 fully saturated rings. The molecule has 0 saturated carbocycles. The topological polar surface area (TPSA) is 25.8 Å². The highest BCUT2D eigenvalue weighted by Crippen LogP contribution is 2.49. The van der Waals surface area contributed by atoms with Crippen LogP contribution in [0.4, 0.5) is 0 Å². The first-order chi connectivity index (χ1) is 15.2. The Morgan fingerprint density at radius 1 is 0.742 bits per heavy atom. The Morgan fingerprint density at radius 2 is 1.61 bits per heavy atom. The number of aryl methyl sites for hydroxylation is 2. The van der Waals surface area contributed by atoms with Gasteiger partial charge in [0.1, 0.15) is 5.03 Å². The Morgan fingerprint density at radius 3 is 2.55 bits per heavy atom. The summed E-state index contributed by atoms with van der Waals surface area (Å²) in [6, 6.07) is 24.2. The molecule has 0 unspecified atom stereocenters. The van der Waals surface area contributed by atoms with E-state index in [1.165, 1.54) is 53.7 Å². The molecule has 0 saturated heterocycles. The molecule has 1 aliphatic rings. The molecule has 7 rings (SSSR count). The number of benzene rings is 4. The lowest BCUT2D eigenvalue weighted by Gasteiger charge is -2.21. The summed E-state index contributed by atoms with van der Waals surface area (Å²) in [5.41, 5.74) is 5.80. The molecule has 0 amide bonds. The second kappa shape index (κ2) is 6.05. The van der Waals surface area contributed by atoms with Crippen molar-refractivity contribution in [2.24, 2.45) is 0 Å². The van der Waals surface area contributed by atoms with Crippen molar-refractivity contribution in [1.29, 1.82) is 0 Å². The maximum absolute atomic E-state index is 5.13. The van der Waals surface area contributed by atoms with Crippen LogP contribution in [0.25, 0.3) is 54.5 Å². The standard InChI is InChI=1S/C28H18N2S/c1-15-7-8-18-13-23-27-25-21(11-12-29-27)20-10-9-17-5-3-4-6-19(17)22(20)14-24(25)31-28(23)30-26(18)16(15)2/h3-14H,1-2H3. The van der Waals surface area contributed by atoms with E-state index < -0.39 is 0 Å². The van der Waals surface area contributed by atoms with E-state index in [0.717, 1.165) is 21.8 Å². The molecule has 3 heterocycles. The SMILES string of the molecule is Cc1ccc2cc3c(nc2c1C)Sc1cc2c4ccccc4ccc2c2ccnc-3c12. The predicted octanol–water partition coefficient (Wildman–Crippen LogP) is 7.84. The molecule has 0 aliphatic carbocycles. The minimum Gasteiger partial charge on any atom is -0.255 e. The molecule has 0 atom stereocenters. The summed E-state index contributed by atoms with van der Waals surface area (Å²) in [7, 11) is 0. The molecule has 4 aromatic carbocycles. The molecule has 1 aliphatic heterocycles. The summed E-state index contributed by atoms with van der Waals surface area (Å²) < 4.78 is 0. The first-order valence-electron chi connectivity index (χ1n) is 10.5. The lowest BCUT2D eigenvalue weighted by atomic mass is 9.95. The normalized spacial score (nSPS) is 12.7. The van der Waals surface area contributed by atoms with Gasteiger partial charge < -0.3 is 0 Å². The van der Waals surface area contributed by atoms with Crippen LogP contribution in [0, 0.1) is 13.8 Å². The highest BCUT2D eigenvalue weighted by Gasteiger charge is 2.24. The monoisotopic (exact) mass is 414 g/mol. The highest BCUT2D eigenvalue weighted by molar-refractivity contribution is 7.99. The summed E-state index contributed by atoms with van der Waals surface area (Å²) in [5, 5.41) is 9.87. The number of fused-ring (bicyclic) bond motifs is 7. The van der Waals surface area contributed by atoms with Gasteiger partial charge >= 0.3 is 0 Å². The van der Waals surface area contributed by atoms with Crippen LogP contribution in [-0.2, 0) is 0 Å². The van der Waals surface area contributed by atoms with E-state index >= 15 is 0 Å². The number of pyridine rings is 2. The van der Waals surface area contributed by atoms with Gasteiger partial charge in [0.2, 0.25) is 0 Å². The van der Waals surface area contributed by atoms with Gasteiger partial charge in [0.25, 0.3) is 0 Å². The van der Waals surface area contributed by atoms with E-state index in [1.807, 2.05) is 6.20 Å². The van der Waals surface area contributed by atoms with Gasteiger partial charge in [-0.1, -0.05) is 60.3 Å². The summed E-state index contributed by atoms with van der Waals surface area (Å²) in [5.74, 6) is 0. The zero-order chi connectivity index (χ0) is 20.7. The van der Waals surface area contributed by atoms with E-state index in [0.29, 0.717) is 0 Å². The molecule has 31 heavy (non-hydrogen) atoms. The predicted molar refractivity (Wildman–Crippen MR) is 131 cm³/mol. The Kier molecular flexibility index (Phi) is 3.37. The van der Waals surface area contributed by atoms with Crippen molar-refractivity contribution in [2.45, 2.75) is 23.8 Å². The Balaban J connectivity index is 1.63. The van der Waals surface area contributed by atoms with E-state index in [2.05, 4.69) is 80.6 Å². The fourth-order valence-electron chi connectivity index (χ4n) is 4.93. The van der Waals surface area contributed by atoms with Crippen LogP contribution in [-0.4, -0.2) is 9.97 Å². The van der Waals surface area contributed by atoms with Crippen LogP contribution in [0.5, 0.6) is 0 Å². The minimum absolute atomic E-state index is 1.05. The number of rotatable bonds is 0. The molecular formula is C28H18N2S.